The second-order valence-corrected chi connectivity index (χ2v) is 10.4. The van der Waals surface area contributed by atoms with Crippen LogP contribution in [0.1, 0.15) is 60.8 Å². The van der Waals surface area contributed by atoms with Crippen LogP contribution in [0.25, 0.3) is 0 Å². The lowest BCUT2D eigenvalue weighted by atomic mass is 10.1. The van der Waals surface area contributed by atoms with Gasteiger partial charge < -0.3 is 19.5 Å². The summed E-state index contributed by atoms with van der Waals surface area (Å²) in [4.78, 5) is 35.7. The van der Waals surface area contributed by atoms with Gasteiger partial charge in [-0.25, -0.2) is 9.59 Å². The molecule has 174 valence electrons. The SMILES string of the molecule is CC(C)(C)OC(=O)NCCCC[C@H](NS(=O)(=O)N1CCOC1=O)C(=O)OC(C)(C)C. The smallest absolute Gasteiger partial charge is 0.424 e. The van der Waals surface area contributed by atoms with Gasteiger partial charge in [-0.15, -0.1) is 0 Å². The lowest BCUT2D eigenvalue weighted by Crippen LogP contribution is -2.50. The fraction of sp³-hybridized carbons (Fsp3) is 0.833. The van der Waals surface area contributed by atoms with Crippen LogP contribution in [-0.4, -0.2) is 67.8 Å². The van der Waals surface area contributed by atoms with Gasteiger partial charge in [0.15, 0.2) is 0 Å². The van der Waals surface area contributed by atoms with Crippen LogP contribution < -0.4 is 10.0 Å². The van der Waals surface area contributed by atoms with E-state index >= 15 is 0 Å². The molecule has 11 nitrogen and oxygen atoms in total. The Bertz CT molecular complexity index is 725. The molecule has 2 N–H and O–H groups in total. The van der Waals surface area contributed by atoms with E-state index in [1.807, 2.05) is 0 Å². The molecule has 0 aromatic heterocycles. The number of esters is 1. The first-order valence-electron chi connectivity index (χ1n) is 9.77. The number of amides is 2. The number of ether oxygens (including phenoxy) is 3. The van der Waals surface area contributed by atoms with E-state index in [1.165, 1.54) is 0 Å². The molecular formula is C18H33N3O8S. The molecule has 1 aliphatic heterocycles. The zero-order valence-electron chi connectivity index (χ0n) is 18.4. The van der Waals surface area contributed by atoms with Gasteiger partial charge in [-0.3, -0.25) is 4.79 Å². The van der Waals surface area contributed by atoms with E-state index in [0.717, 1.165) is 0 Å². The molecule has 0 radical (unpaired) electrons. The number of carbonyl (C=O) groups is 3. The zero-order chi connectivity index (χ0) is 23.2. The highest BCUT2D eigenvalue weighted by Gasteiger charge is 2.37. The van der Waals surface area contributed by atoms with Crippen LogP contribution in [0, 0.1) is 0 Å². The first kappa shape index (κ1) is 26.0. The lowest BCUT2D eigenvalue weighted by Gasteiger charge is -2.25. The Kier molecular flexibility index (Phi) is 8.90. The summed E-state index contributed by atoms with van der Waals surface area (Å²) in [6.45, 7) is 10.4. The molecule has 0 spiro atoms. The van der Waals surface area contributed by atoms with Crippen molar-refractivity contribution in [1.29, 1.82) is 0 Å². The monoisotopic (exact) mass is 451 g/mol. The standard InChI is InChI=1S/C18H33N3O8S/c1-17(2,3)28-14(22)13(20-30(25,26)21-11-12-27-16(21)24)9-7-8-10-19-15(23)29-18(4,5)6/h13,20H,7-12H2,1-6H3,(H,19,23)/t13-/m0/s1. The van der Waals surface area contributed by atoms with Crippen LogP contribution in [0.5, 0.6) is 0 Å². The normalized spacial score (nSPS) is 16.1. The van der Waals surface area contributed by atoms with Crippen LogP contribution in [0.4, 0.5) is 9.59 Å². The molecule has 1 heterocycles. The number of hydrogen-bond donors (Lipinski definition) is 2. The van der Waals surface area contributed by atoms with Gasteiger partial charge in [0.2, 0.25) is 0 Å². The van der Waals surface area contributed by atoms with Gasteiger partial charge in [0.25, 0.3) is 0 Å². The minimum Gasteiger partial charge on any atom is -0.459 e. The number of carbonyl (C=O) groups excluding carboxylic acids is 3. The fourth-order valence-electron chi connectivity index (χ4n) is 2.42. The second-order valence-electron chi connectivity index (χ2n) is 8.82. The zero-order valence-corrected chi connectivity index (χ0v) is 19.3. The second kappa shape index (κ2) is 10.3. The first-order chi connectivity index (χ1) is 13.6. The van der Waals surface area contributed by atoms with Crippen LogP contribution in [-0.2, 0) is 29.2 Å². The van der Waals surface area contributed by atoms with Crippen LogP contribution in [0.15, 0.2) is 0 Å². The summed E-state index contributed by atoms with van der Waals surface area (Å²) in [7, 11) is -4.27. The van der Waals surface area contributed by atoms with Gasteiger partial charge in [-0.1, -0.05) is 0 Å². The maximum atomic E-state index is 12.5. The van der Waals surface area contributed by atoms with Gasteiger partial charge in [-0.05, 0) is 60.8 Å². The predicted molar refractivity (Wildman–Crippen MR) is 108 cm³/mol. The molecule has 12 heteroatoms. The largest absolute Gasteiger partial charge is 0.459 e. The van der Waals surface area contributed by atoms with E-state index in [-0.39, 0.29) is 19.6 Å². The molecule has 2 amide bonds. The van der Waals surface area contributed by atoms with Crippen LogP contribution >= 0.6 is 0 Å². The summed E-state index contributed by atoms with van der Waals surface area (Å²) in [6, 6.07) is -1.19. The third-order valence-corrected chi connectivity index (χ3v) is 5.08. The maximum absolute atomic E-state index is 12.5. The molecule has 0 unspecified atom stereocenters. The van der Waals surface area contributed by atoms with Crippen molar-refractivity contribution in [2.45, 2.75) is 78.0 Å². The molecular weight excluding hydrogens is 418 g/mol. The minimum atomic E-state index is -4.27. The number of cyclic esters (lactones) is 1. The van der Waals surface area contributed by atoms with E-state index in [2.05, 4.69) is 14.8 Å². The van der Waals surface area contributed by atoms with E-state index in [4.69, 9.17) is 9.47 Å². The summed E-state index contributed by atoms with van der Waals surface area (Å²) < 4.78 is 42.8. The molecule has 0 aromatic carbocycles. The van der Waals surface area contributed by atoms with Crippen molar-refractivity contribution in [2.24, 2.45) is 0 Å². The third-order valence-electron chi connectivity index (χ3n) is 3.58. The van der Waals surface area contributed by atoms with Crippen molar-refractivity contribution in [2.75, 3.05) is 19.7 Å². The van der Waals surface area contributed by atoms with Crippen molar-refractivity contribution in [1.82, 2.24) is 14.3 Å². The number of unbranched alkanes of at least 4 members (excludes halogenated alkanes) is 1. The van der Waals surface area contributed by atoms with Crippen molar-refractivity contribution in [3.8, 4) is 0 Å². The lowest BCUT2D eigenvalue weighted by molar-refractivity contribution is -0.157. The fourth-order valence-corrected chi connectivity index (χ4v) is 3.68. The topological polar surface area (TPSA) is 140 Å². The Morgan fingerprint density at radius 3 is 2.20 bits per heavy atom. The molecule has 1 rings (SSSR count). The summed E-state index contributed by atoms with van der Waals surface area (Å²) in [5.74, 6) is -0.751. The quantitative estimate of drug-likeness (QED) is 0.306. The van der Waals surface area contributed by atoms with E-state index < -0.39 is 45.6 Å². The summed E-state index contributed by atoms with van der Waals surface area (Å²) in [6.07, 6.45) is -0.544. The van der Waals surface area contributed by atoms with Gasteiger partial charge in [0, 0.05) is 6.54 Å². The Balaban J connectivity index is 2.65. The van der Waals surface area contributed by atoms with Gasteiger partial charge >= 0.3 is 28.4 Å². The molecule has 0 aliphatic carbocycles. The Morgan fingerprint density at radius 2 is 1.70 bits per heavy atom. The van der Waals surface area contributed by atoms with E-state index in [0.29, 0.717) is 23.7 Å². The average molecular weight is 452 g/mol. The summed E-state index contributed by atoms with van der Waals surface area (Å²) >= 11 is 0. The molecule has 30 heavy (non-hydrogen) atoms. The highest BCUT2D eigenvalue weighted by atomic mass is 32.2. The molecule has 0 aromatic rings. The molecule has 0 saturated carbocycles. The number of alkyl carbamates (subject to hydrolysis) is 1. The van der Waals surface area contributed by atoms with Crippen LogP contribution in [0.3, 0.4) is 0 Å². The minimum absolute atomic E-state index is 0.0484. The highest BCUT2D eigenvalue weighted by molar-refractivity contribution is 7.87. The maximum Gasteiger partial charge on any atom is 0.424 e. The Hall–Kier alpha value is -2.08. The van der Waals surface area contributed by atoms with Crippen molar-refractivity contribution in [3.63, 3.8) is 0 Å². The first-order valence-corrected chi connectivity index (χ1v) is 11.2. The summed E-state index contributed by atoms with van der Waals surface area (Å²) in [5.41, 5.74) is -1.42. The van der Waals surface area contributed by atoms with Crippen molar-refractivity contribution in [3.05, 3.63) is 0 Å². The molecule has 1 atom stereocenters. The van der Waals surface area contributed by atoms with Crippen molar-refractivity contribution >= 4 is 28.4 Å². The van der Waals surface area contributed by atoms with E-state index in [1.54, 1.807) is 41.5 Å². The Morgan fingerprint density at radius 1 is 1.10 bits per heavy atom. The number of nitrogens with one attached hydrogen (secondary N) is 2. The van der Waals surface area contributed by atoms with Gasteiger partial charge in [0.1, 0.15) is 23.9 Å². The Labute approximate surface area is 178 Å². The molecule has 1 saturated heterocycles. The average Bonchev–Trinajstić information content (AvgIpc) is 2.97. The highest BCUT2D eigenvalue weighted by Crippen LogP contribution is 2.15. The molecule has 1 aliphatic rings. The van der Waals surface area contributed by atoms with Crippen molar-refractivity contribution < 1.29 is 37.0 Å². The van der Waals surface area contributed by atoms with Crippen LogP contribution in [0.2, 0.25) is 0 Å². The molecule has 1 fully saturated rings. The number of rotatable bonds is 9. The molecule has 0 bridgehead atoms. The number of nitrogens with zero attached hydrogens (tertiary/aromatic N) is 1. The van der Waals surface area contributed by atoms with Gasteiger partial charge in [0.05, 0.1) is 6.54 Å². The summed E-state index contributed by atoms with van der Waals surface area (Å²) in [5, 5.41) is 2.59. The van der Waals surface area contributed by atoms with Gasteiger partial charge in [-0.2, -0.15) is 17.4 Å². The predicted octanol–water partition coefficient (Wildman–Crippen LogP) is 1.68. The number of hydrogen-bond acceptors (Lipinski definition) is 8. The third kappa shape index (κ3) is 9.61. The van der Waals surface area contributed by atoms with E-state index in [9.17, 15) is 22.8 Å².